The van der Waals surface area contributed by atoms with E-state index >= 15 is 0 Å². The zero-order valence-corrected chi connectivity index (χ0v) is 8.43. The standard InChI is InChI=1S/C7H12BrN3/c1-6-9-10-7(11(6)2)4-3-5-8/h3-5H2,1-2H3. The molecule has 62 valence electrons. The molecule has 0 atom stereocenters. The first-order valence-corrected chi connectivity index (χ1v) is 4.78. The lowest BCUT2D eigenvalue weighted by molar-refractivity contribution is 0.749. The third-order valence-electron chi connectivity index (χ3n) is 1.72. The second-order valence-corrected chi connectivity index (χ2v) is 3.31. The van der Waals surface area contributed by atoms with Crippen molar-refractivity contribution in [2.75, 3.05) is 5.33 Å². The summed E-state index contributed by atoms with van der Waals surface area (Å²) >= 11 is 3.38. The lowest BCUT2D eigenvalue weighted by Crippen LogP contribution is -1.99. The van der Waals surface area contributed by atoms with Crippen LogP contribution in [0.1, 0.15) is 18.1 Å². The summed E-state index contributed by atoms with van der Waals surface area (Å²) in [7, 11) is 2.00. The molecule has 0 aliphatic heterocycles. The highest BCUT2D eigenvalue weighted by atomic mass is 79.9. The van der Waals surface area contributed by atoms with Crippen LogP contribution in [0.15, 0.2) is 0 Å². The summed E-state index contributed by atoms with van der Waals surface area (Å²) in [5.74, 6) is 2.05. The molecule has 0 fully saturated rings. The van der Waals surface area contributed by atoms with Crippen LogP contribution in [0.2, 0.25) is 0 Å². The third-order valence-corrected chi connectivity index (χ3v) is 2.28. The van der Waals surface area contributed by atoms with Gasteiger partial charge < -0.3 is 4.57 Å². The van der Waals surface area contributed by atoms with E-state index in [-0.39, 0.29) is 0 Å². The predicted octanol–water partition coefficient (Wildman–Crippen LogP) is 1.45. The molecule has 0 spiro atoms. The number of nitrogens with zero attached hydrogens (tertiary/aromatic N) is 3. The maximum atomic E-state index is 4.04. The smallest absolute Gasteiger partial charge is 0.132 e. The number of hydrogen-bond donors (Lipinski definition) is 0. The molecule has 1 aromatic heterocycles. The first kappa shape index (κ1) is 8.71. The van der Waals surface area contributed by atoms with Gasteiger partial charge in [0.1, 0.15) is 11.6 Å². The fourth-order valence-electron chi connectivity index (χ4n) is 0.894. The summed E-state index contributed by atoms with van der Waals surface area (Å²) in [6.07, 6.45) is 2.12. The maximum absolute atomic E-state index is 4.04. The average Bonchev–Trinajstić information content (AvgIpc) is 2.31. The van der Waals surface area contributed by atoms with E-state index in [9.17, 15) is 0 Å². The van der Waals surface area contributed by atoms with Gasteiger partial charge in [0.05, 0.1) is 0 Å². The second kappa shape index (κ2) is 3.85. The SMILES string of the molecule is Cc1nnc(CCCBr)n1C. The Bertz CT molecular complexity index is 232. The van der Waals surface area contributed by atoms with E-state index in [2.05, 4.69) is 26.1 Å². The van der Waals surface area contributed by atoms with E-state index < -0.39 is 0 Å². The van der Waals surface area contributed by atoms with Gasteiger partial charge in [-0.1, -0.05) is 15.9 Å². The van der Waals surface area contributed by atoms with Crippen LogP contribution in [0.4, 0.5) is 0 Å². The summed E-state index contributed by atoms with van der Waals surface area (Å²) in [6, 6.07) is 0. The number of aromatic nitrogens is 3. The van der Waals surface area contributed by atoms with E-state index in [1.807, 2.05) is 18.5 Å². The van der Waals surface area contributed by atoms with Gasteiger partial charge in [-0.05, 0) is 13.3 Å². The van der Waals surface area contributed by atoms with E-state index in [1.165, 1.54) is 0 Å². The lowest BCUT2D eigenvalue weighted by Gasteiger charge is -1.98. The first-order chi connectivity index (χ1) is 5.25. The number of hydrogen-bond acceptors (Lipinski definition) is 2. The van der Waals surface area contributed by atoms with Gasteiger partial charge in [-0.2, -0.15) is 0 Å². The Hall–Kier alpha value is -0.380. The molecular weight excluding hydrogens is 206 g/mol. The lowest BCUT2D eigenvalue weighted by atomic mass is 10.3. The van der Waals surface area contributed by atoms with E-state index in [0.717, 1.165) is 29.8 Å². The molecule has 1 rings (SSSR count). The molecule has 0 N–H and O–H groups in total. The van der Waals surface area contributed by atoms with E-state index in [0.29, 0.717) is 0 Å². The van der Waals surface area contributed by atoms with Gasteiger partial charge in [-0.3, -0.25) is 0 Å². The van der Waals surface area contributed by atoms with Crippen molar-refractivity contribution < 1.29 is 0 Å². The van der Waals surface area contributed by atoms with Gasteiger partial charge >= 0.3 is 0 Å². The molecule has 0 aromatic carbocycles. The second-order valence-electron chi connectivity index (χ2n) is 2.51. The zero-order valence-electron chi connectivity index (χ0n) is 6.84. The topological polar surface area (TPSA) is 30.7 Å². The summed E-state index contributed by atoms with van der Waals surface area (Å²) < 4.78 is 2.03. The molecule has 11 heavy (non-hydrogen) atoms. The van der Waals surface area contributed by atoms with Crippen LogP contribution in [0.25, 0.3) is 0 Å². The van der Waals surface area contributed by atoms with Crippen molar-refractivity contribution >= 4 is 15.9 Å². The molecule has 0 bridgehead atoms. The molecule has 1 heterocycles. The Balaban J connectivity index is 2.63. The Labute approximate surface area is 75.0 Å². The van der Waals surface area contributed by atoms with Crippen LogP contribution in [0.3, 0.4) is 0 Å². The molecule has 0 aliphatic carbocycles. The molecular formula is C7H12BrN3. The van der Waals surface area contributed by atoms with Crippen molar-refractivity contribution in [1.29, 1.82) is 0 Å². The van der Waals surface area contributed by atoms with Crippen LogP contribution >= 0.6 is 15.9 Å². The average molecular weight is 218 g/mol. The van der Waals surface area contributed by atoms with Crippen molar-refractivity contribution in [1.82, 2.24) is 14.8 Å². The predicted molar refractivity (Wildman–Crippen MR) is 47.9 cm³/mol. The summed E-state index contributed by atoms with van der Waals surface area (Å²) in [5, 5.41) is 9.04. The molecule has 0 saturated carbocycles. The van der Waals surface area contributed by atoms with Crippen LogP contribution in [-0.4, -0.2) is 20.1 Å². The van der Waals surface area contributed by atoms with Crippen molar-refractivity contribution in [3.05, 3.63) is 11.6 Å². The Kier molecular flexibility index (Phi) is 3.05. The normalized spacial score (nSPS) is 10.5. The molecule has 4 heteroatoms. The van der Waals surface area contributed by atoms with Crippen LogP contribution < -0.4 is 0 Å². The zero-order chi connectivity index (χ0) is 8.27. The quantitative estimate of drug-likeness (QED) is 0.719. The third kappa shape index (κ3) is 2.02. The number of halogens is 1. The van der Waals surface area contributed by atoms with Gasteiger partial charge in [0.2, 0.25) is 0 Å². The molecule has 0 aliphatic rings. The Morgan fingerprint density at radius 1 is 1.45 bits per heavy atom. The summed E-state index contributed by atoms with van der Waals surface area (Å²) in [6.45, 7) is 1.96. The molecule has 0 radical (unpaired) electrons. The highest BCUT2D eigenvalue weighted by Crippen LogP contribution is 2.01. The highest BCUT2D eigenvalue weighted by molar-refractivity contribution is 9.09. The molecule has 0 unspecified atom stereocenters. The van der Waals surface area contributed by atoms with Gasteiger partial charge in [0.25, 0.3) is 0 Å². The number of rotatable bonds is 3. The van der Waals surface area contributed by atoms with Crippen molar-refractivity contribution in [2.45, 2.75) is 19.8 Å². The number of aryl methyl sites for hydroxylation is 2. The number of alkyl halides is 1. The van der Waals surface area contributed by atoms with E-state index in [1.54, 1.807) is 0 Å². The van der Waals surface area contributed by atoms with Crippen LogP contribution in [0.5, 0.6) is 0 Å². The largest absolute Gasteiger partial charge is 0.318 e. The van der Waals surface area contributed by atoms with Gasteiger partial charge in [0, 0.05) is 18.8 Å². The molecule has 0 saturated heterocycles. The van der Waals surface area contributed by atoms with Gasteiger partial charge in [-0.25, -0.2) is 0 Å². The monoisotopic (exact) mass is 217 g/mol. The fraction of sp³-hybridized carbons (Fsp3) is 0.714. The summed E-state index contributed by atoms with van der Waals surface area (Å²) in [4.78, 5) is 0. The minimum absolute atomic E-state index is 0.981. The summed E-state index contributed by atoms with van der Waals surface area (Å²) in [5.41, 5.74) is 0. The maximum Gasteiger partial charge on any atom is 0.132 e. The molecule has 3 nitrogen and oxygen atoms in total. The van der Waals surface area contributed by atoms with Crippen LogP contribution in [-0.2, 0) is 13.5 Å². The van der Waals surface area contributed by atoms with Crippen molar-refractivity contribution in [3.8, 4) is 0 Å². The van der Waals surface area contributed by atoms with E-state index in [4.69, 9.17) is 0 Å². The van der Waals surface area contributed by atoms with Gasteiger partial charge in [0.15, 0.2) is 0 Å². The molecule has 0 amide bonds. The molecule has 1 aromatic rings. The van der Waals surface area contributed by atoms with Crippen molar-refractivity contribution in [3.63, 3.8) is 0 Å². The highest BCUT2D eigenvalue weighted by Gasteiger charge is 2.02. The van der Waals surface area contributed by atoms with Crippen LogP contribution in [0, 0.1) is 6.92 Å². The van der Waals surface area contributed by atoms with Crippen molar-refractivity contribution in [2.24, 2.45) is 7.05 Å². The minimum atomic E-state index is 0.981. The van der Waals surface area contributed by atoms with Gasteiger partial charge in [-0.15, -0.1) is 10.2 Å². The minimum Gasteiger partial charge on any atom is -0.318 e. The Morgan fingerprint density at radius 2 is 2.18 bits per heavy atom. The Morgan fingerprint density at radius 3 is 2.64 bits per heavy atom. The first-order valence-electron chi connectivity index (χ1n) is 3.66. The fourth-order valence-corrected chi connectivity index (χ4v) is 1.17.